The second-order valence-electron chi connectivity index (χ2n) is 4.59. The number of rotatable bonds is 3. The fraction of sp³-hybridized carbons (Fsp3) is 0. The van der Waals surface area contributed by atoms with E-state index in [2.05, 4.69) is 0 Å². The van der Waals surface area contributed by atoms with E-state index < -0.39 is 0 Å². The van der Waals surface area contributed by atoms with Crippen LogP contribution in [0.15, 0.2) is 91.0 Å². The first kappa shape index (κ1) is 18.7. The Kier molecular flexibility index (Phi) is 9.54. The van der Waals surface area contributed by atoms with Gasteiger partial charge in [-0.15, -0.1) is 0 Å². The molecule has 3 nitrogen and oxygen atoms in total. The lowest BCUT2D eigenvalue weighted by Crippen LogP contribution is -1.73. The van der Waals surface area contributed by atoms with E-state index in [1.165, 1.54) is 0 Å². The molecule has 0 N–H and O–H groups in total. The molecule has 0 amide bonds. The van der Waals surface area contributed by atoms with Crippen LogP contribution in [0, 0.1) is 0 Å². The molecule has 0 saturated carbocycles. The van der Waals surface area contributed by atoms with Crippen molar-refractivity contribution in [2.75, 3.05) is 0 Å². The molecule has 0 heterocycles. The van der Waals surface area contributed by atoms with Crippen molar-refractivity contribution in [2.24, 2.45) is 0 Å². The van der Waals surface area contributed by atoms with Gasteiger partial charge in [0.2, 0.25) is 0 Å². The van der Waals surface area contributed by atoms with E-state index in [-0.39, 0.29) is 0 Å². The van der Waals surface area contributed by atoms with E-state index in [1.54, 1.807) is 36.4 Å². The number of hydrogen-bond acceptors (Lipinski definition) is 3. The Balaban J connectivity index is 0.000000180. The molecule has 0 radical (unpaired) electrons. The summed E-state index contributed by atoms with van der Waals surface area (Å²) in [7, 11) is 0. The Bertz CT molecular complexity index is 604. The van der Waals surface area contributed by atoms with Crippen LogP contribution in [0.2, 0.25) is 0 Å². The summed E-state index contributed by atoms with van der Waals surface area (Å²) >= 11 is 0. The molecular weight excluding hydrogens is 300 g/mol. The van der Waals surface area contributed by atoms with E-state index >= 15 is 0 Å². The standard InChI is InChI=1S/3C7H6O/c3*8-6-7-4-2-1-3-5-7/h3*1-6H. The summed E-state index contributed by atoms with van der Waals surface area (Å²) in [5.41, 5.74) is 2.19. The highest BCUT2D eigenvalue weighted by Crippen LogP contribution is 1.92. The number of carbonyl (C=O) groups excluding carboxylic acids is 3. The van der Waals surface area contributed by atoms with Gasteiger partial charge in [0, 0.05) is 16.7 Å². The van der Waals surface area contributed by atoms with Crippen LogP contribution in [0.4, 0.5) is 0 Å². The zero-order valence-electron chi connectivity index (χ0n) is 13.1. The summed E-state index contributed by atoms with van der Waals surface area (Å²) in [6.07, 6.45) is 2.50. The van der Waals surface area contributed by atoms with Crippen LogP contribution in [-0.4, -0.2) is 18.9 Å². The second kappa shape index (κ2) is 12.2. The maximum atomic E-state index is 10.0. The molecule has 0 spiro atoms. The maximum absolute atomic E-state index is 10.0. The monoisotopic (exact) mass is 318 g/mol. The van der Waals surface area contributed by atoms with E-state index in [0.29, 0.717) is 0 Å². The minimum absolute atomic E-state index is 0.729. The second-order valence-corrected chi connectivity index (χ2v) is 4.59. The fourth-order valence-corrected chi connectivity index (χ4v) is 1.59. The molecule has 0 aliphatic heterocycles. The summed E-state index contributed by atoms with van der Waals surface area (Å²) in [4.78, 5) is 30.0. The molecule has 3 rings (SSSR count). The van der Waals surface area contributed by atoms with E-state index in [9.17, 15) is 14.4 Å². The zero-order valence-corrected chi connectivity index (χ0v) is 13.1. The molecule has 0 aliphatic rings. The van der Waals surface area contributed by atoms with Crippen LogP contribution in [0.3, 0.4) is 0 Å². The average Bonchev–Trinajstić information content (AvgIpc) is 2.71. The molecule has 0 bridgehead atoms. The molecule has 0 saturated heterocycles. The first-order valence-corrected chi connectivity index (χ1v) is 7.31. The van der Waals surface area contributed by atoms with Crippen LogP contribution in [0.5, 0.6) is 0 Å². The van der Waals surface area contributed by atoms with E-state index in [4.69, 9.17) is 0 Å². The zero-order chi connectivity index (χ0) is 17.5. The molecule has 0 aromatic heterocycles. The van der Waals surface area contributed by atoms with Gasteiger partial charge in [0.15, 0.2) is 0 Å². The van der Waals surface area contributed by atoms with Crippen LogP contribution in [-0.2, 0) is 0 Å². The molecule has 0 fully saturated rings. The molecule has 24 heavy (non-hydrogen) atoms. The Labute approximate surface area is 141 Å². The summed E-state index contributed by atoms with van der Waals surface area (Å²) in [5, 5.41) is 0. The molecule has 0 unspecified atom stereocenters. The molecule has 3 aromatic carbocycles. The van der Waals surface area contributed by atoms with Gasteiger partial charge in [-0.1, -0.05) is 91.0 Å². The van der Waals surface area contributed by atoms with Gasteiger partial charge in [0.25, 0.3) is 0 Å². The SMILES string of the molecule is O=Cc1ccccc1.O=Cc1ccccc1.O=Cc1ccccc1. The highest BCUT2D eigenvalue weighted by molar-refractivity contribution is 5.75. The quantitative estimate of drug-likeness (QED) is 0.668. The van der Waals surface area contributed by atoms with Gasteiger partial charge in [0.05, 0.1) is 0 Å². The smallest absolute Gasteiger partial charge is 0.150 e. The summed E-state index contributed by atoms with van der Waals surface area (Å²) in [6, 6.07) is 27.3. The number of aldehydes is 3. The van der Waals surface area contributed by atoms with E-state index in [0.717, 1.165) is 35.5 Å². The predicted molar refractivity (Wildman–Crippen MR) is 95.5 cm³/mol. The molecule has 3 heteroatoms. The summed E-state index contributed by atoms with van der Waals surface area (Å²) in [6.45, 7) is 0. The largest absolute Gasteiger partial charge is 0.298 e. The number of carbonyl (C=O) groups is 3. The highest BCUT2D eigenvalue weighted by Gasteiger charge is 1.81. The van der Waals surface area contributed by atoms with Crippen molar-refractivity contribution in [3.8, 4) is 0 Å². The highest BCUT2D eigenvalue weighted by atomic mass is 16.1. The third-order valence-electron chi connectivity index (χ3n) is 2.81. The molecular formula is C21H18O3. The van der Waals surface area contributed by atoms with Crippen molar-refractivity contribution in [1.82, 2.24) is 0 Å². The predicted octanol–water partition coefficient (Wildman–Crippen LogP) is 4.50. The van der Waals surface area contributed by atoms with Gasteiger partial charge in [0.1, 0.15) is 18.9 Å². The van der Waals surface area contributed by atoms with Crippen LogP contribution >= 0.6 is 0 Å². The molecule has 120 valence electrons. The fourth-order valence-electron chi connectivity index (χ4n) is 1.59. The third kappa shape index (κ3) is 8.20. The minimum atomic E-state index is 0.729. The number of hydrogen-bond donors (Lipinski definition) is 0. The minimum Gasteiger partial charge on any atom is -0.298 e. The Morgan fingerprint density at radius 3 is 0.708 bits per heavy atom. The van der Waals surface area contributed by atoms with Crippen molar-refractivity contribution in [2.45, 2.75) is 0 Å². The first-order valence-electron chi connectivity index (χ1n) is 7.31. The van der Waals surface area contributed by atoms with Crippen molar-refractivity contribution in [3.63, 3.8) is 0 Å². The van der Waals surface area contributed by atoms with Crippen molar-refractivity contribution < 1.29 is 14.4 Å². The third-order valence-corrected chi connectivity index (χ3v) is 2.81. The van der Waals surface area contributed by atoms with Crippen LogP contribution in [0.1, 0.15) is 31.1 Å². The lowest BCUT2D eigenvalue weighted by Gasteiger charge is -1.81. The Hall–Kier alpha value is -3.33. The van der Waals surface area contributed by atoms with Crippen molar-refractivity contribution in [3.05, 3.63) is 108 Å². The van der Waals surface area contributed by atoms with Gasteiger partial charge in [-0.3, -0.25) is 14.4 Å². The molecule has 0 aliphatic carbocycles. The van der Waals surface area contributed by atoms with E-state index in [1.807, 2.05) is 54.6 Å². The van der Waals surface area contributed by atoms with Gasteiger partial charge in [-0.05, 0) is 0 Å². The topological polar surface area (TPSA) is 51.2 Å². The summed E-state index contributed by atoms with van der Waals surface area (Å²) < 4.78 is 0. The van der Waals surface area contributed by atoms with Gasteiger partial charge in [-0.2, -0.15) is 0 Å². The Morgan fingerprint density at radius 2 is 0.583 bits per heavy atom. The van der Waals surface area contributed by atoms with Crippen molar-refractivity contribution >= 4 is 18.9 Å². The first-order chi connectivity index (χ1) is 11.8. The van der Waals surface area contributed by atoms with Gasteiger partial charge < -0.3 is 0 Å². The van der Waals surface area contributed by atoms with Crippen LogP contribution in [0.25, 0.3) is 0 Å². The molecule has 0 atom stereocenters. The Morgan fingerprint density at radius 1 is 0.375 bits per heavy atom. The molecule has 3 aromatic rings. The van der Waals surface area contributed by atoms with Gasteiger partial charge in [-0.25, -0.2) is 0 Å². The lowest BCUT2D eigenvalue weighted by molar-refractivity contribution is 0.111. The van der Waals surface area contributed by atoms with Crippen molar-refractivity contribution in [1.29, 1.82) is 0 Å². The number of benzene rings is 3. The maximum Gasteiger partial charge on any atom is 0.150 e. The van der Waals surface area contributed by atoms with Gasteiger partial charge >= 0.3 is 0 Å². The lowest BCUT2D eigenvalue weighted by atomic mass is 10.2. The summed E-state index contributed by atoms with van der Waals surface area (Å²) in [5.74, 6) is 0. The average molecular weight is 318 g/mol. The normalized spacial score (nSPS) is 8.50. The van der Waals surface area contributed by atoms with Crippen LogP contribution < -0.4 is 0 Å².